The minimum Gasteiger partial charge on any atom is -0.479 e. The van der Waals surface area contributed by atoms with Crippen LogP contribution >= 0.6 is 11.6 Å². The lowest BCUT2D eigenvalue weighted by molar-refractivity contribution is -0.152. The number of esters is 1. The van der Waals surface area contributed by atoms with Crippen molar-refractivity contribution in [2.24, 2.45) is 0 Å². The van der Waals surface area contributed by atoms with E-state index in [4.69, 9.17) is 21.1 Å². The average molecular weight is 381 g/mol. The summed E-state index contributed by atoms with van der Waals surface area (Å²) in [5.41, 5.74) is 0.679. The number of carbonyl (C=O) groups is 1. The summed E-state index contributed by atoms with van der Waals surface area (Å²) in [5.74, 6) is -0.330. The summed E-state index contributed by atoms with van der Waals surface area (Å²) in [4.78, 5) is 16.2. The van der Waals surface area contributed by atoms with Crippen LogP contribution in [0.1, 0.15) is 19.3 Å². The maximum atomic E-state index is 13.3. The van der Waals surface area contributed by atoms with Gasteiger partial charge in [-0.25, -0.2) is 9.78 Å². The van der Waals surface area contributed by atoms with Crippen molar-refractivity contribution in [2.45, 2.75) is 26.2 Å². The number of para-hydroxylation sites is 2. The fraction of sp³-hybridized carbons (Fsp3) is 0.222. The SMILES string of the molecule is CC(Oc1cccc(Cl)c1)C(=O)OCc1nc2ccccc2n1C(F)F. The zero-order valence-corrected chi connectivity index (χ0v) is 14.5. The number of aromatic nitrogens is 2. The van der Waals surface area contributed by atoms with Gasteiger partial charge in [-0.1, -0.05) is 29.8 Å². The Morgan fingerprint density at radius 3 is 2.73 bits per heavy atom. The molecule has 0 spiro atoms. The Morgan fingerprint density at radius 2 is 2.00 bits per heavy atom. The molecule has 3 aromatic rings. The highest BCUT2D eigenvalue weighted by atomic mass is 35.5. The highest BCUT2D eigenvalue weighted by molar-refractivity contribution is 6.30. The van der Waals surface area contributed by atoms with Crippen LogP contribution in [-0.2, 0) is 16.1 Å². The molecule has 5 nitrogen and oxygen atoms in total. The lowest BCUT2D eigenvalue weighted by Gasteiger charge is -2.14. The Kier molecular flexibility index (Phi) is 5.37. The normalized spacial score (nSPS) is 12.3. The molecule has 0 saturated heterocycles. The van der Waals surface area contributed by atoms with Gasteiger partial charge in [-0.2, -0.15) is 8.78 Å². The maximum Gasteiger partial charge on any atom is 0.347 e. The Labute approximate surface area is 153 Å². The van der Waals surface area contributed by atoms with Crippen LogP contribution in [0.2, 0.25) is 5.02 Å². The summed E-state index contributed by atoms with van der Waals surface area (Å²) in [6.07, 6.45) is -0.933. The van der Waals surface area contributed by atoms with Gasteiger partial charge in [0.15, 0.2) is 11.9 Å². The third kappa shape index (κ3) is 3.94. The summed E-state index contributed by atoms with van der Waals surface area (Å²) in [5, 5.41) is 0.466. The average Bonchev–Trinajstić information content (AvgIpc) is 2.98. The van der Waals surface area contributed by atoms with Gasteiger partial charge in [-0.05, 0) is 37.3 Å². The molecule has 0 radical (unpaired) electrons. The van der Waals surface area contributed by atoms with E-state index < -0.39 is 18.6 Å². The number of imidazole rings is 1. The van der Waals surface area contributed by atoms with Crippen molar-refractivity contribution < 1.29 is 23.0 Å². The van der Waals surface area contributed by atoms with E-state index >= 15 is 0 Å². The second-order valence-corrected chi connectivity index (χ2v) is 5.93. The van der Waals surface area contributed by atoms with Crippen LogP contribution in [0.3, 0.4) is 0 Å². The summed E-state index contributed by atoms with van der Waals surface area (Å²) >= 11 is 5.86. The second-order valence-electron chi connectivity index (χ2n) is 5.49. The van der Waals surface area contributed by atoms with Crippen LogP contribution in [0.5, 0.6) is 5.75 Å². The number of benzene rings is 2. The maximum absolute atomic E-state index is 13.3. The number of ether oxygens (including phenoxy) is 2. The van der Waals surface area contributed by atoms with E-state index in [1.54, 1.807) is 42.5 Å². The number of hydrogen-bond acceptors (Lipinski definition) is 4. The molecule has 0 aliphatic carbocycles. The summed E-state index contributed by atoms with van der Waals surface area (Å²) in [6, 6.07) is 13.0. The number of nitrogens with zero attached hydrogens (tertiary/aromatic N) is 2. The van der Waals surface area contributed by atoms with E-state index in [9.17, 15) is 13.6 Å². The highest BCUT2D eigenvalue weighted by Crippen LogP contribution is 2.24. The molecule has 2 aromatic carbocycles. The van der Waals surface area contributed by atoms with Crippen molar-refractivity contribution >= 4 is 28.6 Å². The van der Waals surface area contributed by atoms with E-state index in [1.807, 2.05) is 0 Å². The van der Waals surface area contributed by atoms with Crippen molar-refractivity contribution in [2.75, 3.05) is 0 Å². The zero-order chi connectivity index (χ0) is 18.7. The zero-order valence-electron chi connectivity index (χ0n) is 13.7. The molecule has 0 bridgehead atoms. The topological polar surface area (TPSA) is 53.4 Å². The van der Waals surface area contributed by atoms with Gasteiger partial charge in [0, 0.05) is 5.02 Å². The Hall–Kier alpha value is -2.67. The quantitative estimate of drug-likeness (QED) is 0.587. The van der Waals surface area contributed by atoms with Crippen LogP contribution in [0, 0.1) is 0 Å². The molecule has 0 aliphatic heterocycles. The minimum atomic E-state index is -2.80. The smallest absolute Gasteiger partial charge is 0.347 e. The van der Waals surface area contributed by atoms with Crippen molar-refractivity contribution in [1.29, 1.82) is 0 Å². The molecule has 3 rings (SSSR count). The van der Waals surface area contributed by atoms with Crippen molar-refractivity contribution in [1.82, 2.24) is 9.55 Å². The standard InChI is InChI=1S/C18H15ClF2N2O3/c1-11(26-13-6-4-5-12(19)9-13)17(24)25-10-16-22-14-7-2-3-8-15(14)23(16)18(20)21/h2-9,11,18H,10H2,1H3. The molecule has 1 unspecified atom stereocenters. The first-order valence-corrected chi connectivity index (χ1v) is 8.16. The number of alkyl halides is 2. The number of halogens is 3. The molecule has 0 N–H and O–H groups in total. The van der Waals surface area contributed by atoms with Gasteiger partial charge in [0.2, 0.25) is 0 Å². The van der Waals surface area contributed by atoms with E-state index in [1.165, 1.54) is 13.0 Å². The first-order valence-electron chi connectivity index (χ1n) is 7.78. The van der Waals surface area contributed by atoms with Gasteiger partial charge in [-0.3, -0.25) is 4.57 Å². The van der Waals surface area contributed by atoms with Gasteiger partial charge in [0.05, 0.1) is 11.0 Å². The first kappa shape index (κ1) is 18.1. The Morgan fingerprint density at radius 1 is 1.23 bits per heavy atom. The minimum absolute atomic E-state index is 0.0375. The van der Waals surface area contributed by atoms with Gasteiger partial charge in [0.25, 0.3) is 0 Å². The molecule has 136 valence electrons. The van der Waals surface area contributed by atoms with Crippen molar-refractivity contribution in [3.8, 4) is 5.75 Å². The van der Waals surface area contributed by atoms with Crippen LogP contribution < -0.4 is 4.74 Å². The summed E-state index contributed by atoms with van der Waals surface area (Å²) in [6.45, 7) is -1.68. The number of rotatable bonds is 6. The number of carbonyl (C=O) groups excluding carboxylic acids is 1. The van der Waals surface area contributed by atoms with Crippen LogP contribution in [0.4, 0.5) is 8.78 Å². The van der Waals surface area contributed by atoms with Crippen LogP contribution in [0.25, 0.3) is 11.0 Å². The number of fused-ring (bicyclic) bond motifs is 1. The molecular formula is C18H15ClF2N2O3. The van der Waals surface area contributed by atoms with Gasteiger partial charge < -0.3 is 9.47 Å². The molecule has 1 heterocycles. The first-order chi connectivity index (χ1) is 12.5. The van der Waals surface area contributed by atoms with E-state index in [-0.39, 0.29) is 17.9 Å². The molecule has 0 amide bonds. The molecule has 0 saturated carbocycles. The highest BCUT2D eigenvalue weighted by Gasteiger charge is 2.21. The molecule has 1 aromatic heterocycles. The molecule has 26 heavy (non-hydrogen) atoms. The monoisotopic (exact) mass is 380 g/mol. The summed E-state index contributed by atoms with van der Waals surface area (Å²) in [7, 11) is 0. The molecule has 0 fully saturated rings. The largest absolute Gasteiger partial charge is 0.479 e. The molecular weight excluding hydrogens is 366 g/mol. The van der Waals surface area contributed by atoms with Crippen molar-refractivity contribution in [3.05, 3.63) is 59.4 Å². The Bertz CT molecular complexity index is 930. The Balaban J connectivity index is 1.69. The third-order valence-corrected chi connectivity index (χ3v) is 3.88. The van der Waals surface area contributed by atoms with Gasteiger partial charge in [0.1, 0.15) is 12.4 Å². The van der Waals surface area contributed by atoms with Gasteiger partial charge in [-0.15, -0.1) is 0 Å². The predicted molar refractivity (Wildman–Crippen MR) is 92.3 cm³/mol. The van der Waals surface area contributed by atoms with Crippen LogP contribution in [-0.4, -0.2) is 21.6 Å². The number of hydrogen-bond donors (Lipinski definition) is 0. The van der Waals surface area contributed by atoms with E-state index in [0.717, 1.165) is 4.57 Å². The fourth-order valence-electron chi connectivity index (χ4n) is 2.46. The molecule has 8 heteroatoms. The van der Waals surface area contributed by atoms with Crippen LogP contribution in [0.15, 0.2) is 48.5 Å². The predicted octanol–water partition coefficient (Wildman–Crippen LogP) is 4.60. The van der Waals surface area contributed by atoms with E-state index in [0.29, 0.717) is 16.3 Å². The van der Waals surface area contributed by atoms with Crippen molar-refractivity contribution in [3.63, 3.8) is 0 Å². The fourth-order valence-corrected chi connectivity index (χ4v) is 2.64. The van der Waals surface area contributed by atoms with E-state index in [2.05, 4.69) is 4.98 Å². The second kappa shape index (κ2) is 7.70. The summed E-state index contributed by atoms with van der Waals surface area (Å²) < 4.78 is 38.0. The lowest BCUT2D eigenvalue weighted by Crippen LogP contribution is -2.26. The lowest BCUT2D eigenvalue weighted by atomic mass is 10.3. The van der Waals surface area contributed by atoms with Gasteiger partial charge >= 0.3 is 12.5 Å². The molecule has 0 aliphatic rings. The molecule has 1 atom stereocenters. The third-order valence-electron chi connectivity index (χ3n) is 3.65.